The summed E-state index contributed by atoms with van der Waals surface area (Å²) in [6, 6.07) is 4.91. The number of benzene rings is 1. The fourth-order valence-corrected chi connectivity index (χ4v) is 2.58. The van der Waals surface area contributed by atoms with Crippen LogP contribution in [0.1, 0.15) is 43.0 Å². The minimum absolute atomic E-state index is 0.144. The van der Waals surface area contributed by atoms with Gasteiger partial charge in [0.2, 0.25) is 0 Å². The van der Waals surface area contributed by atoms with E-state index in [1.807, 2.05) is 0 Å². The highest BCUT2D eigenvalue weighted by atomic mass is 35.5. The Morgan fingerprint density at radius 2 is 2.05 bits per heavy atom. The smallest absolute Gasteiger partial charge is 0.340 e. The molecular weight excluding hydrogens is 292 g/mol. The summed E-state index contributed by atoms with van der Waals surface area (Å²) < 4.78 is 5.15. The minimum atomic E-state index is -0.865. The molecule has 2 rings (SSSR count). The maximum Gasteiger partial charge on any atom is 0.340 e. The number of carbonyl (C=O) groups excluding carboxylic acids is 2. The third-order valence-corrected chi connectivity index (χ3v) is 4.02. The van der Waals surface area contributed by atoms with E-state index in [9.17, 15) is 9.59 Å². The number of hydrogen-bond donors (Lipinski definition) is 2. The molecule has 1 aliphatic rings. The van der Waals surface area contributed by atoms with Crippen LogP contribution in [0.3, 0.4) is 0 Å². The van der Waals surface area contributed by atoms with Crippen molar-refractivity contribution in [3.8, 4) is 0 Å². The molecular formula is C15H19ClN2O3. The zero-order valence-corrected chi connectivity index (χ0v) is 12.7. The van der Waals surface area contributed by atoms with Gasteiger partial charge in [-0.2, -0.15) is 0 Å². The van der Waals surface area contributed by atoms with Crippen LogP contribution >= 0.6 is 11.6 Å². The zero-order valence-electron chi connectivity index (χ0n) is 11.9. The van der Waals surface area contributed by atoms with Crippen molar-refractivity contribution in [2.24, 2.45) is 0 Å². The molecule has 1 aliphatic carbocycles. The third kappa shape index (κ3) is 3.88. The summed E-state index contributed by atoms with van der Waals surface area (Å²) in [5.41, 5.74) is 6.10. The molecule has 0 aliphatic heterocycles. The fraction of sp³-hybridized carbons (Fsp3) is 0.467. The number of anilines is 1. The topological polar surface area (TPSA) is 81.4 Å². The SMILES string of the molecule is CC(OC(=O)c1cccc(N)c1Cl)C(=O)NC1CCCC1. The first-order valence-corrected chi connectivity index (χ1v) is 7.42. The predicted molar refractivity (Wildman–Crippen MR) is 81.1 cm³/mol. The van der Waals surface area contributed by atoms with Gasteiger partial charge in [0.05, 0.1) is 16.3 Å². The lowest BCUT2D eigenvalue weighted by Crippen LogP contribution is -2.40. The molecule has 0 bridgehead atoms. The van der Waals surface area contributed by atoms with E-state index < -0.39 is 12.1 Å². The Labute approximate surface area is 128 Å². The first-order chi connectivity index (χ1) is 9.99. The van der Waals surface area contributed by atoms with Crippen LogP contribution in [0.5, 0.6) is 0 Å². The second kappa shape index (κ2) is 6.80. The molecule has 0 radical (unpaired) electrons. The fourth-order valence-electron chi connectivity index (χ4n) is 2.37. The predicted octanol–water partition coefficient (Wildman–Crippen LogP) is 2.53. The van der Waals surface area contributed by atoms with Crippen molar-refractivity contribution in [1.29, 1.82) is 0 Å². The number of nitrogens with one attached hydrogen (secondary N) is 1. The quantitative estimate of drug-likeness (QED) is 0.661. The van der Waals surface area contributed by atoms with Crippen molar-refractivity contribution in [1.82, 2.24) is 5.32 Å². The van der Waals surface area contributed by atoms with Gasteiger partial charge in [-0.15, -0.1) is 0 Å². The molecule has 1 atom stereocenters. The maximum absolute atomic E-state index is 12.0. The highest BCUT2D eigenvalue weighted by Gasteiger charge is 2.24. The number of amides is 1. The number of hydrogen-bond acceptors (Lipinski definition) is 4. The van der Waals surface area contributed by atoms with Crippen LogP contribution in [0.15, 0.2) is 18.2 Å². The number of halogens is 1. The van der Waals surface area contributed by atoms with Gasteiger partial charge in [-0.25, -0.2) is 4.79 Å². The average Bonchev–Trinajstić information content (AvgIpc) is 2.94. The van der Waals surface area contributed by atoms with Crippen LogP contribution in [0.2, 0.25) is 5.02 Å². The van der Waals surface area contributed by atoms with Crippen molar-refractivity contribution in [2.45, 2.75) is 44.8 Å². The average molecular weight is 311 g/mol. The monoisotopic (exact) mass is 310 g/mol. The molecule has 3 N–H and O–H groups in total. The molecule has 1 aromatic carbocycles. The molecule has 1 fully saturated rings. The molecule has 6 heteroatoms. The molecule has 0 spiro atoms. The van der Waals surface area contributed by atoms with Crippen molar-refractivity contribution in [3.05, 3.63) is 28.8 Å². The largest absolute Gasteiger partial charge is 0.449 e. The Hall–Kier alpha value is -1.75. The molecule has 1 amide bonds. The number of carbonyl (C=O) groups is 2. The number of nitrogen functional groups attached to an aromatic ring is 1. The van der Waals surface area contributed by atoms with E-state index in [1.54, 1.807) is 19.1 Å². The summed E-state index contributed by atoms with van der Waals surface area (Å²) >= 11 is 5.96. The zero-order chi connectivity index (χ0) is 15.4. The van der Waals surface area contributed by atoms with Crippen LogP contribution in [0.4, 0.5) is 5.69 Å². The lowest BCUT2D eigenvalue weighted by atomic mass is 10.2. The van der Waals surface area contributed by atoms with Crippen LogP contribution in [0, 0.1) is 0 Å². The number of esters is 1. The summed E-state index contributed by atoms with van der Waals surface area (Å²) in [7, 11) is 0. The maximum atomic E-state index is 12.0. The first kappa shape index (κ1) is 15.6. The molecule has 1 saturated carbocycles. The van der Waals surface area contributed by atoms with Crippen LogP contribution in [-0.2, 0) is 9.53 Å². The van der Waals surface area contributed by atoms with E-state index in [0.29, 0.717) is 5.69 Å². The molecule has 1 unspecified atom stereocenters. The molecule has 0 aromatic heterocycles. The van der Waals surface area contributed by atoms with E-state index in [2.05, 4.69) is 5.32 Å². The highest BCUT2D eigenvalue weighted by Crippen LogP contribution is 2.24. The Balaban J connectivity index is 1.95. The van der Waals surface area contributed by atoms with E-state index in [0.717, 1.165) is 25.7 Å². The van der Waals surface area contributed by atoms with E-state index in [-0.39, 0.29) is 22.5 Å². The van der Waals surface area contributed by atoms with Gasteiger partial charge in [-0.05, 0) is 31.9 Å². The van der Waals surface area contributed by atoms with Crippen LogP contribution in [0.25, 0.3) is 0 Å². The summed E-state index contributed by atoms with van der Waals surface area (Å²) in [4.78, 5) is 24.0. The molecule has 0 saturated heterocycles. The van der Waals surface area contributed by atoms with Gasteiger partial charge in [0.1, 0.15) is 0 Å². The Kier molecular flexibility index (Phi) is 5.07. The number of nitrogens with two attached hydrogens (primary N) is 1. The normalized spacial score (nSPS) is 16.5. The van der Waals surface area contributed by atoms with Crippen molar-refractivity contribution in [2.75, 3.05) is 5.73 Å². The lowest BCUT2D eigenvalue weighted by molar-refractivity contribution is -0.129. The number of ether oxygens (including phenoxy) is 1. The van der Waals surface area contributed by atoms with Gasteiger partial charge < -0.3 is 15.8 Å². The van der Waals surface area contributed by atoms with E-state index in [1.165, 1.54) is 6.07 Å². The van der Waals surface area contributed by atoms with E-state index in [4.69, 9.17) is 22.1 Å². The van der Waals surface area contributed by atoms with Crippen LogP contribution in [-0.4, -0.2) is 24.0 Å². The van der Waals surface area contributed by atoms with Crippen molar-refractivity contribution >= 4 is 29.2 Å². The Morgan fingerprint density at radius 3 is 2.71 bits per heavy atom. The Morgan fingerprint density at radius 1 is 1.38 bits per heavy atom. The van der Waals surface area contributed by atoms with Gasteiger partial charge in [0, 0.05) is 6.04 Å². The molecule has 1 aromatic rings. The summed E-state index contributed by atoms with van der Waals surface area (Å²) in [6.07, 6.45) is 3.34. The summed E-state index contributed by atoms with van der Waals surface area (Å²) in [5.74, 6) is -0.934. The lowest BCUT2D eigenvalue weighted by Gasteiger charge is -2.17. The molecule has 5 nitrogen and oxygen atoms in total. The minimum Gasteiger partial charge on any atom is -0.449 e. The van der Waals surface area contributed by atoms with Crippen molar-refractivity contribution in [3.63, 3.8) is 0 Å². The van der Waals surface area contributed by atoms with Crippen LogP contribution < -0.4 is 11.1 Å². The molecule has 114 valence electrons. The summed E-state index contributed by atoms with van der Waals surface area (Å²) in [6.45, 7) is 1.54. The second-order valence-corrected chi connectivity index (χ2v) is 5.62. The van der Waals surface area contributed by atoms with Gasteiger partial charge in [-0.3, -0.25) is 4.79 Å². The standard InChI is InChI=1S/C15H19ClN2O3/c1-9(14(19)18-10-5-2-3-6-10)21-15(20)11-7-4-8-12(17)13(11)16/h4,7-10H,2-3,5-6,17H2,1H3,(H,18,19). The third-order valence-electron chi connectivity index (χ3n) is 3.60. The second-order valence-electron chi connectivity index (χ2n) is 5.25. The molecule has 0 heterocycles. The molecule has 21 heavy (non-hydrogen) atoms. The highest BCUT2D eigenvalue weighted by molar-refractivity contribution is 6.36. The summed E-state index contributed by atoms with van der Waals surface area (Å²) in [5, 5.41) is 3.03. The number of rotatable bonds is 4. The van der Waals surface area contributed by atoms with Gasteiger partial charge in [0.25, 0.3) is 5.91 Å². The van der Waals surface area contributed by atoms with Gasteiger partial charge in [-0.1, -0.05) is 30.5 Å². The van der Waals surface area contributed by atoms with Gasteiger partial charge >= 0.3 is 5.97 Å². The van der Waals surface area contributed by atoms with Gasteiger partial charge in [0.15, 0.2) is 6.10 Å². The van der Waals surface area contributed by atoms with Crippen molar-refractivity contribution < 1.29 is 14.3 Å². The Bertz CT molecular complexity index is 542. The first-order valence-electron chi connectivity index (χ1n) is 7.04. The van der Waals surface area contributed by atoms with E-state index >= 15 is 0 Å².